The number of allylic oxidation sites excluding steroid dienone is 2. The van der Waals surface area contributed by atoms with E-state index in [2.05, 4.69) is 27.4 Å². The highest BCUT2D eigenvalue weighted by molar-refractivity contribution is 5.94. The molecule has 0 saturated heterocycles. The third kappa shape index (κ3) is 5.81. The summed E-state index contributed by atoms with van der Waals surface area (Å²) < 4.78 is 5.88. The van der Waals surface area contributed by atoms with Crippen molar-refractivity contribution < 1.29 is 14.3 Å². The van der Waals surface area contributed by atoms with E-state index in [9.17, 15) is 9.59 Å². The van der Waals surface area contributed by atoms with Gasteiger partial charge in [-0.05, 0) is 55.1 Å². The number of ether oxygens (including phenoxy) is 1. The van der Waals surface area contributed by atoms with Gasteiger partial charge in [0, 0.05) is 12.3 Å². The van der Waals surface area contributed by atoms with Gasteiger partial charge in [-0.15, -0.1) is 6.58 Å². The molecular formula is C25H40O3. The third-order valence-corrected chi connectivity index (χ3v) is 7.04. The molecule has 3 nitrogen and oxygen atoms in total. The molecule has 2 aliphatic rings. The second kappa shape index (κ2) is 11.0. The first-order chi connectivity index (χ1) is 13.4. The van der Waals surface area contributed by atoms with Gasteiger partial charge < -0.3 is 4.74 Å². The fourth-order valence-corrected chi connectivity index (χ4v) is 4.96. The van der Waals surface area contributed by atoms with E-state index in [1.165, 1.54) is 32.1 Å². The van der Waals surface area contributed by atoms with Crippen LogP contribution in [0.25, 0.3) is 0 Å². The molecule has 0 aromatic carbocycles. The first kappa shape index (κ1) is 22.9. The SMILES string of the molecule is C=CC[C@H]1C[C@]2(C)C(=CC1=O)[C@@H](OC(=O)CCCCCCCCC)CC[C@H]2C. The minimum atomic E-state index is -0.216. The van der Waals surface area contributed by atoms with Crippen molar-refractivity contribution in [1.29, 1.82) is 0 Å². The Hall–Kier alpha value is -1.38. The van der Waals surface area contributed by atoms with Gasteiger partial charge in [-0.25, -0.2) is 0 Å². The molecule has 0 aromatic heterocycles. The van der Waals surface area contributed by atoms with E-state index in [-0.39, 0.29) is 29.2 Å². The Labute approximate surface area is 172 Å². The normalized spacial score (nSPS) is 29.8. The molecule has 0 bridgehead atoms. The summed E-state index contributed by atoms with van der Waals surface area (Å²) >= 11 is 0. The third-order valence-electron chi connectivity index (χ3n) is 7.04. The number of hydrogen-bond acceptors (Lipinski definition) is 3. The number of rotatable bonds is 11. The number of hydrogen-bond donors (Lipinski definition) is 0. The summed E-state index contributed by atoms with van der Waals surface area (Å²) in [6, 6.07) is 0. The highest BCUT2D eigenvalue weighted by Gasteiger charge is 2.48. The van der Waals surface area contributed by atoms with Gasteiger partial charge in [0.25, 0.3) is 0 Å². The Bertz CT molecular complexity index is 576. The first-order valence-electron chi connectivity index (χ1n) is 11.5. The van der Waals surface area contributed by atoms with Crippen LogP contribution in [0.4, 0.5) is 0 Å². The monoisotopic (exact) mass is 388 g/mol. The van der Waals surface area contributed by atoms with E-state index in [0.29, 0.717) is 12.3 Å². The predicted molar refractivity (Wildman–Crippen MR) is 115 cm³/mol. The molecule has 158 valence electrons. The van der Waals surface area contributed by atoms with Crippen LogP contribution in [0.3, 0.4) is 0 Å². The number of carbonyl (C=O) groups is 2. The Balaban J connectivity index is 1.89. The van der Waals surface area contributed by atoms with E-state index < -0.39 is 0 Å². The summed E-state index contributed by atoms with van der Waals surface area (Å²) in [6.07, 6.45) is 15.7. The number of unbranched alkanes of at least 4 members (excludes halogenated alkanes) is 6. The Kier molecular flexibility index (Phi) is 8.98. The average Bonchev–Trinajstić information content (AvgIpc) is 2.66. The second-order valence-corrected chi connectivity index (χ2v) is 9.17. The molecule has 1 fully saturated rings. The molecule has 4 atom stereocenters. The number of esters is 1. The molecular weight excluding hydrogens is 348 g/mol. The van der Waals surface area contributed by atoms with E-state index in [0.717, 1.165) is 44.1 Å². The standard InChI is InChI=1S/C25H40O3/c1-5-7-8-9-10-11-12-14-24(27)28-23-16-15-19(3)25(4)18-20(13-6-2)22(26)17-21(23)25/h6,17,19-20,23H,2,5,7-16,18H2,1,3-4H3/t19-,20+,23+,25+/m1/s1. The molecule has 0 amide bonds. The molecule has 0 radical (unpaired) electrons. The van der Waals surface area contributed by atoms with Crippen LogP contribution in [-0.2, 0) is 14.3 Å². The van der Waals surface area contributed by atoms with Crippen molar-refractivity contribution in [1.82, 2.24) is 0 Å². The zero-order valence-electron chi connectivity index (χ0n) is 18.3. The van der Waals surface area contributed by atoms with Crippen LogP contribution >= 0.6 is 0 Å². The highest BCUT2D eigenvalue weighted by Crippen LogP contribution is 2.52. The van der Waals surface area contributed by atoms with Gasteiger partial charge in [0.2, 0.25) is 0 Å². The second-order valence-electron chi connectivity index (χ2n) is 9.17. The van der Waals surface area contributed by atoms with Crippen molar-refractivity contribution in [2.45, 2.75) is 104 Å². The van der Waals surface area contributed by atoms with Crippen molar-refractivity contribution in [2.75, 3.05) is 0 Å². The lowest BCUT2D eigenvalue weighted by molar-refractivity contribution is -0.150. The van der Waals surface area contributed by atoms with Crippen LogP contribution < -0.4 is 0 Å². The lowest BCUT2D eigenvalue weighted by Crippen LogP contribution is -2.45. The van der Waals surface area contributed by atoms with E-state index in [4.69, 9.17) is 4.74 Å². The van der Waals surface area contributed by atoms with Gasteiger partial charge in [-0.3, -0.25) is 9.59 Å². The zero-order valence-corrected chi connectivity index (χ0v) is 18.3. The number of fused-ring (bicyclic) bond motifs is 1. The molecule has 2 aliphatic carbocycles. The predicted octanol–water partition coefficient (Wildman–Crippen LogP) is 6.57. The quantitative estimate of drug-likeness (QED) is 0.228. The topological polar surface area (TPSA) is 43.4 Å². The summed E-state index contributed by atoms with van der Waals surface area (Å²) in [7, 11) is 0. The van der Waals surface area contributed by atoms with E-state index in [1.54, 1.807) is 6.08 Å². The molecule has 0 spiro atoms. The van der Waals surface area contributed by atoms with Crippen molar-refractivity contribution in [3.63, 3.8) is 0 Å². The molecule has 0 aromatic rings. The average molecular weight is 389 g/mol. The first-order valence-corrected chi connectivity index (χ1v) is 11.5. The minimum Gasteiger partial charge on any atom is -0.458 e. The van der Waals surface area contributed by atoms with Gasteiger partial charge >= 0.3 is 5.97 Å². The molecule has 28 heavy (non-hydrogen) atoms. The van der Waals surface area contributed by atoms with Crippen molar-refractivity contribution >= 4 is 11.8 Å². The van der Waals surface area contributed by atoms with Crippen molar-refractivity contribution in [2.24, 2.45) is 17.3 Å². The van der Waals surface area contributed by atoms with E-state index in [1.807, 2.05) is 6.08 Å². The molecule has 1 saturated carbocycles. The summed E-state index contributed by atoms with van der Waals surface area (Å²) in [5.74, 6) is 0.597. The van der Waals surface area contributed by atoms with Crippen LogP contribution in [-0.4, -0.2) is 17.9 Å². The lowest BCUT2D eigenvalue weighted by atomic mass is 9.57. The lowest BCUT2D eigenvalue weighted by Gasteiger charge is -2.49. The molecule has 3 heteroatoms. The minimum absolute atomic E-state index is 0.0239. The van der Waals surface area contributed by atoms with Crippen LogP contribution in [0.15, 0.2) is 24.3 Å². The molecule has 2 rings (SSSR count). The summed E-state index contributed by atoms with van der Waals surface area (Å²) in [6.45, 7) is 10.5. The fourth-order valence-electron chi connectivity index (χ4n) is 4.96. The maximum absolute atomic E-state index is 12.6. The van der Waals surface area contributed by atoms with Crippen molar-refractivity contribution in [3.8, 4) is 0 Å². The fraction of sp³-hybridized carbons (Fsp3) is 0.760. The van der Waals surface area contributed by atoms with Gasteiger partial charge in [0.05, 0.1) is 0 Å². The zero-order chi connectivity index (χ0) is 20.6. The summed E-state index contributed by atoms with van der Waals surface area (Å²) in [4.78, 5) is 25.0. The Morgan fingerprint density at radius 1 is 1.21 bits per heavy atom. The molecule has 0 N–H and O–H groups in total. The maximum atomic E-state index is 12.6. The van der Waals surface area contributed by atoms with Gasteiger partial charge in [-0.1, -0.05) is 65.4 Å². The van der Waals surface area contributed by atoms with Crippen LogP contribution in [0, 0.1) is 17.3 Å². The smallest absolute Gasteiger partial charge is 0.306 e. The Morgan fingerprint density at radius 2 is 1.89 bits per heavy atom. The van der Waals surface area contributed by atoms with Crippen molar-refractivity contribution in [3.05, 3.63) is 24.3 Å². The molecule has 0 unspecified atom stereocenters. The Morgan fingerprint density at radius 3 is 2.57 bits per heavy atom. The summed E-state index contributed by atoms with van der Waals surface area (Å²) in [5.41, 5.74) is 1.01. The maximum Gasteiger partial charge on any atom is 0.306 e. The van der Waals surface area contributed by atoms with E-state index >= 15 is 0 Å². The molecule has 0 aliphatic heterocycles. The van der Waals surface area contributed by atoms with Gasteiger partial charge in [-0.2, -0.15) is 0 Å². The largest absolute Gasteiger partial charge is 0.458 e. The van der Waals surface area contributed by atoms with Gasteiger partial charge in [0.15, 0.2) is 5.78 Å². The van der Waals surface area contributed by atoms with Crippen LogP contribution in [0.5, 0.6) is 0 Å². The number of carbonyl (C=O) groups excluding carboxylic acids is 2. The van der Waals surface area contributed by atoms with Gasteiger partial charge in [0.1, 0.15) is 6.10 Å². The van der Waals surface area contributed by atoms with Crippen LogP contribution in [0.1, 0.15) is 97.8 Å². The molecule has 0 heterocycles. The highest BCUT2D eigenvalue weighted by atomic mass is 16.5. The number of ketones is 1. The summed E-state index contributed by atoms with van der Waals surface area (Å²) in [5, 5.41) is 0. The van der Waals surface area contributed by atoms with Crippen LogP contribution in [0.2, 0.25) is 0 Å².